The minimum absolute atomic E-state index is 0.00399. The van der Waals surface area contributed by atoms with Crippen LogP contribution in [-0.2, 0) is 0 Å². The number of nitrogens with one attached hydrogen (secondary N) is 1. The van der Waals surface area contributed by atoms with Gasteiger partial charge in [0.25, 0.3) is 12.9 Å². The van der Waals surface area contributed by atoms with Crippen LogP contribution in [0.1, 0.15) is 17.7 Å². The van der Waals surface area contributed by atoms with E-state index in [0.29, 0.717) is 0 Å². The molecule has 1 N–H and O–H groups in total. The first kappa shape index (κ1) is 17.4. The van der Waals surface area contributed by atoms with E-state index in [1.807, 2.05) is 6.07 Å². The summed E-state index contributed by atoms with van der Waals surface area (Å²) in [6, 6.07) is 4.78. The summed E-state index contributed by atoms with van der Waals surface area (Å²) in [5.41, 5.74) is -0.408. The van der Waals surface area contributed by atoms with Gasteiger partial charge in [-0.25, -0.2) is 32.5 Å². The van der Waals surface area contributed by atoms with Crippen molar-refractivity contribution in [2.24, 2.45) is 0 Å². The Balaban J connectivity index is 2.41. The lowest BCUT2D eigenvalue weighted by Gasteiger charge is -2.11. The standard InChI is InChI=1S/C14H11F4N5O/c1-20-13-7(4-19)2-3-8(23-13)9-5-21-14(24-6-10(15)16)11(22-9)12(17)18/h2-3,5,10,12H,6H2,1H3,(H,20,23). The van der Waals surface area contributed by atoms with Crippen LogP contribution < -0.4 is 10.1 Å². The molecule has 126 valence electrons. The SMILES string of the molecule is CNc1nc(-c2cnc(OCC(F)F)c(C(F)F)n2)ccc1C#N. The quantitative estimate of drug-likeness (QED) is 0.813. The van der Waals surface area contributed by atoms with Crippen LogP contribution in [0.4, 0.5) is 23.4 Å². The Bertz CT molecular complexity index is 763. The second-order valence-corrected chi connectivity index (χ2v) is 4.40. The van der Waals surface area contributed by atoms with E-state index in [0.717, 1.165) is 6.20 Å². The number of ether oxygens (including phenoxy) is 1. The van der Waals surface area contributed by atoms with E-state index in [1.165, 1.54) is 12.1 Å². The van der Waals surface area contributed by atoms with Crippen molar-refractivity contribution < 1.29 is 22.3 Å². The third-order valence-corrected chi connectivity index (χ3v) is 2.83. The topological polar surface area (TPSA) is 83.7 Å². The van der Waals surface area contributed by atoms with Gasteiger partial charge in [0.15, 0.2) is 12.3 Å². The predicted octanol–water partition coefficient (Wildman–Crippen LogP) is 3.03. The van der Waals surface area contributed by atoms with Crippen molar-refractivity contribution in [1.29, 1.82) is 5.26 Å². The average molecular weight is 341 g/mol. The maximum absolute atomic E-state index is 13.1. The normalized spacial score (nSPS) is 10.8. The van der Waals surface area contributed by atoms with Crippen LogP contribution in [0.15, 0.2) is 18.3 Å². The summed E-state index contributed by atoms with van der Waals surface area (Å²) in [7, 11) is 1.55. The highest BCUT2D eigenvalue weighted by atomic mass is 19.3. The Kier molecular flexibility index (Phi) is 5.47. The zero-order valence-corrected chi connectivity index (χ0v) is 12.3. The number of anilines is 1. The van der Waals surface area contributed by atoms with Gasteiger partial charge in [-0.3, -0.25) is 0 Å². The third kappa shape index (κ3) is 3.87. The van der Waals surface area contributed by atoms with E-state index in [2.05, 4.69) is 25.0 Å². The number of hydrogen-bond donors (Lipinski definition) is 1. The molecule has 0 amide bonds. The summed E-state index contributed by atoms with van der Waals surface area (Å²) in [5.74, 6) is -0.412. The molecular weight excluding hydrogens is 330 g/mol. The van der Waals surface area contributed by atoms with Gasteiger partial charge in [-0.15, -0.1) is 0 Å². The Hall–Kier alpha value is -2.96. The van der Waals surface area contributed by atoms with Crippen molar-refractivity contribution in [3.63, 3.8) is 0 Å². The van der Waals surface area contributed by atoms with Crippen molar-refractivity contribution in [2.45, 2.75) is 12.9 Å². The number of pyridine rings is 1. The molecule has 0 spiro atoms. The van der Waals surface area contributed by atoms with E-state index < -0.39 is 31.0 Å². The van der Waals surface area contributed by atoms with Gasteiger partial charge in [0.05, 0.1) is 17.5 Å². The molecular formula is C14H11F4N5O. The van der Waals surface area contributed by atoms with Gasteiger partial charge in [0, 0.05) is 7.05 Å². The minimum Gasteiger partial charge on any atom is -0.470 e. The van der Waals surface area contributed by atoms with Crippen molar-refractivity contribution in [1.82, 2.24) is 15.0 Å². The van der Waals surface area contributed by atoms with E-state index in [1.54, 1.807) is 7.05 Å². The fourth-order valence-electron chi connectivity index (χ4n) is 1.79. The zero-order valence-electron chi connectivity index (χ0n) is 12.3. The molecule has 6 nitrogen and oxygen atoms in total. The lowest BCUT2D eigenvalue weighted by molar-refractivity contribution is 0.0736. The maximum Gasteiger partial charge on any atom is 0.285 e. The first-order chi connectivity index (χ1) is 11.5. The molecule has 0 radical (unpaired) electrons. The minimum atomic E-state index is -3.06. The number of nitriles is 1. The van der Waals surface area contributed by atoms with Crippen LogP contribution in [0.5, 0.6) is 5.88 Å². The number of rotatable bonds is 6. The first-order valence-electron chi connectivity index (χ1n) is 6.61. The molecule has 2 aromatic rings. The third-order valence-electron chi connectivity index (χ3n) is 2.83. The van der Waals surface area contributed by atoms with Crippen LogP contribution in [-0.4, -0.2) is 35.0 Å². The van der Waals surface area contributed by atoms with E-state index in [9.17, 15) is 17.6 Å². The van der Waals surface area contributed by atoms with Crippen molar-refractivity contribution in [2.75, 3.05) is 19.0 Å². The summed E-state index contributed by atoms with van der Waals surface area (Å²) in [6.45, 7) is -1.06. The Morgan fingerprint density at radius 2 is 1.96 bits per heavy atom. The molecule has 2 aromatic heterocycles. The van der Waals surface area contributed by atoms with Gasteiger partial charge >= 0.3 is 0 Å². The average Bonchev–Trinajstić information content (AvgIpc) is 2.58. The molecule has 24 heavy (non-hydrogen) atoms. The Morgan fingerprint density at radius 1 is 1.21 bits per heavy atom. The Labute approximate surface area is 134 Å². The van der Waals surface area contributed by atoms with E-state index >= 15 is 0 Å². The molecule has 0 aliphatic rings. The van der Waals surface area contributed by atoms with Gasteiger partial charge < -0.3 is 10.1 Å². The second-order valence-electron chi connectivity index (χ2n) is 4.40. The van der Waals surface area contributed by atoms with E-state index in [4.69, 9.17) is 5.26 Å². The summed E-state index contributed by atoms with van der Waals surface area (Å²) in [5, 5.41) is 11.6. The monoisotopic (exact) mass is 341 g/mol. The highest BCUT2D eigenvalue weighted by Gasteiger charge is 2.21. The molecule has 0 unspecified atom stereocenters. The molecule has 0 aliphatic carbocycles. The number of aromatic nitrogens is 3. The number of hydrogen-bond acceptors (Lipinski definition) is 6. The molecule has 0 saturated heterocycles. The molecule has 0 fully saturated rings. The molecule has 10 heteroatoms. The van der Waals surface area contributed by atoms with Crippen LogP contribution >= 0.6 is 0 Å². The van der Waals surface area contributed by atoms with Crippen LogP contribution in [0, 0.1) is 11.3 Å². The second kappa shape index (κ2) is 7.54. The smallest absolute Gasteiger partial charge is 0.285 e. The fraction of sp³-hybridized carbons (Fsp3) is 0.286. The molecule has 0 aromatic carbocycles. The van der Waals surface area contributed by atoms with Crippen molar-refractivity contribution in [3.05, 3.63) is 29.6 Å². The van der Waals surface area contributed by atoms with Crippen molar-refractivity contribution in [3.8, 4) is 23.3 Å². The molecule has 0 aliphatic heterocycles. The Morgan fingerprint density at radius 3 is 2.54 bits per heavy atom. The predicted molar refractivity (Wildman–Crippen MR) is 76.0 cm³/mol. The highest BCUT2D eigenvalue weighted by molar-refractivity contribution is 5.61. The number of alkyl halides is 4. The first-order valence-corrected chi connectivity index (χ1v) is 6.61. The molecule has 0 bridgehead atoms. The summed E-state index contributed by atoms with van der Waals surface area (Å²) >= 11 is 0. The number of halogens is 4. The summed E-state index contributed by atoms with van der Waals surface area (Å²) in [4.78, 5) is 11.4. The van der Waals surface area contributed by atoms with Gasteiger partial charge in [0.2, 0.25) is 5.88 Å². The van der Waals surface area contributed by atoms with Crippen LogP contribution in [0.25, 0.3) is 11.4 Å². The lowest BCUT2D eigenvalue weighted by Crippen LogP contribution is -2.11. The van der Waals surface area contributed by atoms with Crippen molar-refractivity contribution >= 4 is 5.82 Å². The van der Waals surface area contributed by atoms with Gasteiger partial charge in [-0.05, 0) is 12.1 Å². The molecule has 2 heterocycles. The molecule has 2 rings (SSSR count). The fourth-order valence-corrected chi connectivity index (χ4v) is 1.79. The van der Waals surface area contributed by atoms with E-state index in [-0.39, 0.29) is 22.8 Å². The van der Waals surface area contributed by atoms with Gasteiger partial charge in [-0.2, -0.15) is 5.26 Å². The largest absolute Gasteiger partial charge is 0.470 e. The summed E-state index contributed by atoms with van der Waals surface area (Å²) < 4.78 is 55.0. The lowest BCUT2D eigenvalue weighted by atomic mass is 10.2. The maximum atomic E-state index is 13.1. The summed E-state index contributed by atoms with van der Waals surface area (Å²) in [6.07, 6.45) is -4.80. The van der Waals surface area contributed by atoms with Crippen LogP contribution in [0.2, 0.25) is 0 Å². The number of nitrogens with zero attached hydrogens (tertiary/aromatic N) is 4. The van der Waals surface area contributed by atoms with Gasteiger partial charge in [0.1, 0.15) is 17.6 Å². The van der Waals surface area contributed by atoms with Gasteiger partial charge in [-0.1, -0.05) is 0 Å². The molecule has 0 saturated carbocycles. The van der Waals surface area contributed by atoms with Crippen LogP contribution in [0.3, 0.4) is 0 Å². The zero-order chi connectivity index (χ0) is 17.7. The molecule has 0 atom stereocenters. The highest BCUT2D eigenvalue weighted by Crippen LogP contribution is 2.28.